The molecule has 1 aromatic rings. The normalized spacial score (nSPS) is 11.5. The van der Waals surface area contributed by atoms with Gasteiger partial charge >= 0.3 is 0 Å². The zero-order valence-electron chi connectivity index (χ0n) is 10.0. The van der Waals surface area contributed by atoms with Crippen LogP contribution < -0.4 is 15.2 Å². The highest BCUT2D eigenvalue weighted by atomic mass is 35.5. The summed E-state index contributed by atoms with van der Waals surface area (Å²) in [5, 5.41) is 0. The van der Waals surface area contributed by atoms with E-state index in [1.807, 2.05) is 18.2 Å². The Morgan fingerprint density at radius 1 is 1.19 bits per heavy atom. The molecule has 4 heteroatoms. The lowest BCUT2D eigenvalue weighted by Gasteiger charge is -2.18. The summed E-state index contributed by atoms with van der Waals surface area (Å²) in [4.78, 5) is 0. The second-order valence-corrected chi connectivity index (χ2v) is 3.47. The van der Waals surface area contributed by atoms with Crippen LogP contribution in [0.25, 0.3) is 0 Å². The van der Waals surface area contributed by atoms with Crippen molar-refractivity contribution in [2.24, 2.45) is 5.73 Å². The van der Waals surface area contributed by atoms with Crippen molar-refractivity contribution in [3.05, 3.63) is 23.8 Å². The predicted octanol–water partition coefficient (Wildman–Crippen LogP) is 2.93. The summed E-state index contributed by atoms with van der Waals surface area (Å²) in [6, 6.07) is 5.70. The van der Waals surface area contributed by atoms with Crippen molar-refractivity contribution in [2.75, 3.05) is 14.2 Å². The van der Waals surface area contributed by atoms with E-state index in [2.05, 4.69) is 6.92 Å². The molecule has 0 aliphatic rings. The van der Waals surface area contributed by atoms with E-state index >= 15 is 0 Å². The first kappa shape index (κ1) is 15.1. The maximum atomic E-state index is 6.10. The Hall–Kier alpha value is -0.930. The fraction of sp³-hybridized carbons (Fsp3) is 0.500. The fourth-order valence-electron chi connectivity index (χ4n) is 1.70. The number of benzene rings is 1. The molecule has 0 heterocycles. The Bertz CT molecular complexity index is 296. The van der Waals surface area contributed by atoms with Gasteiger partial charge in [-0.3, -0.25) is 0 Å². The minimum Gasteiger partial charge on any atom is -0.496 e. The Balaban J connectivity index is 0.00000225. The lowest BCUT2D eigenvalue weighted by molar-refractivity contribution is 0.377. The summed E-state index contributed by atoms with van der Waals surface area (Å²) >= 11 is 0. The summed E-state index contributed by atoms with van der Waals surface area (Å²) in [5.41, 5.74) is 7.06. The van der Waals surface area contributed by atoms with E-state index < -0.39 is 0 Å². The van der Waals surface area contributed by atoms with E-state index in [1.54, 1.807) is 14.2 Å². The molecule has 0 saturated heterocycles. The van der Waals surface area contributed by atoms with Crippen LogP contribution >= 0.6 is 12.4 Å². The average molecular weight is 246 g/mol. The average Bonchev–Trinajstić information content (AvgIpc) is 2.28. The van der Waals surface area contributed by atoms with E-state index in [-0.39, 0.29) is 18.4 Å². The minimum atomic E-state index is -0.0268. The largest absolute Gasteiger partial charge is 0.496 e. The maximum Gasteiger partial charge on any atom is 0.127 e. The first-order chi connectivity index (χ1) is 7.24. The molecular weight excluding hydrogens is 226 g/mol. The number of methoxy groups -OCH3 is 2. The van der Waals surface area contributed by atoms with E-state index in [9.17, 15) is 0 Å². The molecule has 1 rings (SSSR count). The van der Waals surface area contributed by atoms with Crippen LogP contribution in [0.1, 0.15) is 31.4 Å². The van der Waals surface area contributed by atoms with Crippen LogP contribution in [0, 0.1) is 0 Å². The smallest absolute Gasteiger partial charge is 0.127 e. The molecule has 0 bridgehead atoms. The van der Waals surface area contributed by atoms with Crippen molar-refractivity contribution < 1.29 is 9.47 Å². The molecule has 0 aliphatic heterocycles. The summed E-state index contributed by atoms with van der Waals surface area (Å²) in [7, 11) is 3.30. The maximum absolute atomic E-state index is 6.10. The molecule has 0 aliphatic carbocycles. The van der Waals surface area contributed by atoms with Gasteiger partial charge in [0.05, 0.1) is 19.8 Å². The Morgan fingerprint density at radius 2 is 1.69 bits per heavy atom. The van der Waals surface area contributed by atoms with Crippen molar-refractivity contribution >= 4 is 12.4 Å². The second-order valence-electron chi connectivity index (χ2n) is 3.47. The third-order valence-electron chi connectivity index (χ3n) is 2.44. The molecule has 3 nitrogen and oxygen atoms in total. The quantitative estimate of drug-likeness (QED) is 0.868. The zero-order chi connectivity index (χ0) is 11.3. The van der Waals surface area contributed by atoms with Crippen LogP contribution in [0.3, 0.4) is 0 Å². The molecule has 0 amide bonds. The lowest BCUT2D eigenvalue weighted by Crippen LogP contribution is -2.12. The van der Waals surface area contributed by atoms with Gasteiger partial charge in [0.1, 0.15) is 11.5 Å². The number of nitrogens with two attached hydrogens (primary N) is 1. The van der Waals surface area contributed by atoms with Crippen molar-refractivity contribution in [3.8, 4) is 11.5 Å². The molecule has 92 valence electrons. The summed E-state index contributed by atoms with van der Waals surface area (Å²) in [5.74, 6) is 1.60. The van der Waals surface area contributed by atoms with Gasteiger partial charge in [-0.25, -0.2) is 0 Å². The molecule has 1 aromatic carbocycles. The second kappa shape index (κ2) is 7.36. The number of hydrogen-bond donors (Lipinski definition) is 1. The van der Waals surface area contributed by atoms with Gasteiger partial charge in [0, 0.05) is 6.04 Å². The highest BCUT2D eigenvalue weighted by Gasteiger charge is 2.16. The topological polar surface area (TPSA) is 44.5 Å². The number of rotatable bonds is 5. The summed E-state index contributed by atoms with van der Waals surface area (Å²) < 4.78 is 10.6. The van der Waals surface area contributed by atoms with E-state index in [1.165, 1.54) is 0 Å². The predicted molar refractivity (Wildman–Crippen MR) is 68.6 cm³/mol. The third-order valence-corrected chi connectivity index (χ3v) is 2.44. The van der Waals surface area contributed by atoms with Crippen molar-refractivity contribution in [1.82, 2.24) is 0 Å². The van der Waals surface area contributed by atoms with Gasteiger partial charge < -0.3 is 15.2 Å². The van der Waals surface area contributed by atoms with Crippen LogP contribution in [0.2, 0.25) is 0 Å². The van der Waals surface area contributed by atoms with Crippen molar-refractivity contribution in [2.45, 2.75) is 25.8 Å². The Kier molecular flexibility index (Phi) is 6.93. The monoisotopic (exact) mass is 245 g/mol. The van der Waals surface area contributed by atoms with Gasteiger partial charge in [0.25, 0.3) is 0 Å². The molecule has 0 saturated carbocycles. The molecule has 16 heavy (non-hydrogen) atoms. The van der Waals surface area contributed by atoms with Gasteiger partial charge in [-0.05, 0) is 18.6 Å². The number of hydrogen-bond acceptors (Lipinski definition) is 3. The van der Waals surface area contributed by atoms with E-state index in [4.69, 9.17) is 15.2 Å². The molecule has 0 radical (unpaired) electrons. The van der Waals surface area contributed by atoms with Crippen LogP contribution in [-0.4, -0.2) is 14.2 Å². The van der Waals surface area contributed by atoms with E-state index in [0.29, 0.717) is 0 Å². The standard InChI is InChI=1S/C12H19NO2.ClH/c1-4-6-9(13)12-10(14-2)7-5-8-11(12)15-3;/h5,7-9H,4,6,13H2,1-3H3;1H/t9-;/m0./s1. The highest BCUT2D eigenvalue weighted by molar-refractivity contribution is 5.85. The first-order valence-electron chi connectivity index (χ1n) is 5.21. The van der Waals surface area contributed by atoms with E-state index in [0.717, 1.165) is 29.9 Å². The molecule has 0 fully saturated rings. The van der Waals surface area contributed by atoms with Crippen LogP contribution in [-0.2, 0) is 0 Å². The minimum absolute atomic E-state index is 0. The molecule has 0 unspecified atom stereocenters. The van der Waals surface area contributed by atoms with Crippen LogP contribution in [0.5, 0.6) is 11.5 Å². The van der Waals surface area contributed by atoms with Gasteiger partial charge in [-0.15, -0.1) is 12.4 Å². The molecule has 0 aromatic heterocycles. The summed E-state index contributed by atoms with van der Waals surface area (Å²) in [6.45, 7) is 2.11. The van der Waals surface area contributed by atoms with Crippen molar-refractivity contribution in [3.63, 3.8) is 0 Å². The molecule has 0 spiro atoms. The number of halogens is 1. The first-order valence-corrected chi connectivity index (χ1v) is 5.21. The third kappa shape index (κ3) is 3.29. The zero-order valence-corrected chi connectivity index (χ0v) is 10.8. The van der Waals surface area contributed by atoms with Crippen molar-refractivity contribution in [1.29, 1.82) is 0 Å². The van der Waals surface area contributed by atoms with Crippen LogP contribution in [0.4, 0.5) is 0 Å². The van der Waals surface area contributed by atoms with Gasteiger partial charge in [-0.2, -0.15) is 0 Å². The van der Waals surface area contributed by atoms with Gasteiger partial charge in [0.15, 0.2) is 0 Å². The molecule has 1 atom stereocenters. The fourth-order valence-corrected chi connectivity index (χ4v) is 1.70. The Labute approximate surface area is 103 Å². The molecular formula is C12H20ClNO2. The Morgan fingerprint density at radius 3 is 2.06 bits per heavy atom. The number of ether oxygens (including phenoxy) is 2. The van der Waals surface area contributed by atoms with Gasteiger partial charge in [-0.1, -0.05) is 19.4 Å². The molecule has 2 N–H and O–H groups in total. The summed E-state index contributed by atoms with van der Waals surface area (Å²) in [6.07, 6.45) is 1.97. The SMILES string of the molecule is CCC[C@H](N)c1c(OC)cccc1OC.Cl. The van der Waals surface area contributed by atoms with Crippen LogP contribution in [0.15, 0.2) is 18.2 Å². The lowest BCUT2D eigenvalue weighted by atomic mass is 10.0. The van der Waals surface area contributed by atoms with Gasteiger partial charge in [0.2, 0.25) is 0 Å². The highest BCUT2D eigenvalue weighted by Crippen LogP contribution is 2.34.